The second-order valence-corrected chi connectivity index (χ2v) is 4.59. The van der Waals surface area contributed by atoms with Crippen molar-refractivity contribution in [2.24, 2.45) is 0 Å². The quantitative estimate of drug-likeness (QED) is 0.897. The molecule has 0 aliphatic heterocycles. The second-order valence-electron chi connectivity index (χ2n) is 3.80. The van der Waals surface area contributed by atoms with Crippen LogP contribution < -0.4 is 11.3 Å². The lowest BCUT2D eigenvalue weighted by molar-refractivity contribution is 0.761. The van der Waals surface area contributed by atoms with Crippen LogP contribution in [0.5, 0.6) is 0 Å². The van der Waals surface area contributed by atoms with Crippen molar-refractivity contribution in [3.63, 3.8) is 0 Å². The molecule has 0 aliphatic rings. The number of nitrogens with one attached hydrogen (secondary N) is 1. The fourth-order valence-electron chi connectivity index (χ4n) is 1.81. The van der Waals surface area contributed by atoms with Gasteiger partial charge in [-0.1, -0.05) is 13.8 Å². The molecule has 2 rings (SSSR count). The van der Waals surface area contributed by atoms with E-state index >= 15 is 0 Å². The van der Waals surface area contributed by atoms with Crippen LogP contribution in [-0.2, 0) is 12.8 Å². The summed E-state index contributed by atoms with van der Waals surface area (Å²) in [5.41, 5.74) is 8.16. The number of rotatable bonds is 3. The third-order valence-electron chi connectivity index (χ3n) is 2.75. The first-order chi connectivity index (χ1) is 8.60. The van der Waals surface area contributed by atoms with Crippen LogP contribution in [0.1, 0.15) is 25.2 Å². The molecule has 0 unspecified atom stereocenters. The first-order valence-electron chi connectivity index (χ1n) is 5.69. The summed E-state index contributed by atoms with van der Waals surface area (Å²) < 4.78 is 1.98. The predicted molar refractivity (Wildman–Crippen MR) is 72.8 cm³/mol. The number of anilines is 1. The van der Waals surface area contributed by atoms with E-state index in [0.29, 0.717) is 16.0 Å². The van der Waals surface area contributed by atoms with Crippen molar-refractivity contribution in [1.82, 2.24) is 19.7 Å². The van der Waals surface area contributed by atoms with Crippen molar-refractivity contribution in [2.75, 3.05) is 5.73 Å². The van der Waals surface area contributed by atoms with Gasteiger partial charge in [0.1, 0.15) is 4.47 Å². The summed E-state index contributed by atoms with van der Waals surface area (Å²) in [4.78, 5) is 18.2. The van der Waals surface area contributed by atoms with E-state index in [0.717, 1.165) is 24.2 Å². The number of aryl methyl sites for hydroxylation is 1. The van der Waals surface area contributed by atoms with Crippen LogP contribution in [0, 0.1) is 0 Å². The maximum Gasteiger partial charge on any atom is 0.267 e. The molecule has 18 heavy (non-hydrogen) atoms. The zero-order chi connectivity index (χ0) is 13.3. The molecule has 2 aromatic rings. The Labute approximate surface area is 112 Å². The molecule has 2 heterocycles. The normalized spacial score (nSPS) is 10.8. The number of nitrogen functional groups attached to an aromatic ring is 1. The highest BCUT2D eigenvalue weighted by atomic mass is 79.9. The van der Waals surface area contributed by atoms with E-state index in [1.54, 1.807) is 4.68 Å². The lowest BCUT2D eigenvalue weighted by Crippen LogP contribution is -2.14. The summed E-state index contributed by atoms with van der Waals surface area (Å²) in [6.45, 7) is 3.98. The highest BCUT2D eigenvalue weighted by Crippen LogP contribution is 2.23. The van der Waals surface area contributed by atoms with Crippen molar-refractivity contribution in [3.8, 4) is 5.82 Å². The lowest BCUT2D eigenvalue weighted by Gasteiger charge is -2.06. The Kier molecular flexibility index (Phi) is 3.51. The van der Waals surface area contributed by atoms with Gasteiger partial charge in [-0.15, -0.1) is 0 Å². The Morgan fingerprint density at radius 3 is 2.78 bits per heavy atom. The molecule has 2 aromatic heterocycles. The van der Waals surface area contributed by atoms with Gasteiger partial charge < -0.3 is 10.7 Å². The average molecular weight is 312 g/mol. The van der Waals surface area contributed by atoms with Gasteiger partial charge in [0.05, 0.1) is 23.4 Å². The second kappa shape index (κ2) is 4.93. The highest BCUT2D eigenvalue weighted by Gasteiger charge is 2.17. The molecule has 7 heteroatoms. The zero-order valence-corrected chi connectivity index (χ0v) is 11.8. The Balaban J connectivity index is 2.71. The number of nitrogens with zero attached hydrogens (tertiary/aromatic N) is 3. The van der Waals surface area contributed by atoms with Crippen LogP contribution in [0.15, 0.2) is 15.6 Å². The monoisotopic (exact) mass is 311 g/mol. The van der Waals surface area contributed by atoms with E-state index in [-0.39, 0.29) is 5.56 Å². The highest BCUT2D eigenvalue weighted by molar-refractivity contribution is 9.10. The van der Waals surface area contributed by atoms with Crippen molar-refractivity contribution in [2.45, 2.75) is 26.7 Å². The van der Waals surface area contributed by atoms with Gasteiger partial charge in [-0.2, -0.15) is 5.10 Å². The van der Waals surface area contributed by atoms with Gasteiger partial charge in [0.15, 0.2) is 5.82 Å². The number of H-pyrrole nitrogens is 1. The van der Waals surface area contributed by atoms with E-state index < -0.39 is 0 Å². The van der Waals surface area contributed by atoms with Gasteiger partial charge in [-0.05, 0) is 28.8 Å². The first-order valence-corrected chi connectivity index (χ1v) is 6.49. The third kappa shape index (κ3) is 1.94. The predicted octanol–water partition coefficient (Wildman–Crippen LogP) is 1.43. The minimum atomic E-state index is -0.242. The minimum Gasteiger partial charge on any atom is -0.396 e. The largest absolute Gasteiger partial charge is 0.396 e. The standard InChI is InChI=1S/C11H14BrN5O/c1-3-6-9(13)7(4-2)17(16-6)10-8(12)11(18)15-5-14-10/h5H,3-4,13H2,1-2H3,(H,14,15,18). The summed E-state index contributed by atoms with van der Waals surface area (Å²) >= 11 is 3.23. The molecular weight excluding hydrogens is 298 g/mol. The molecule has 0 amide bonds. The van der Waals surface area contributed by atoms with Crippen LogP contribution in [-0.4, -0.2) is 19.7 Å². The molecular formula is C11H14BrN5O. The van der Waals surface area contributed by atoms with Gasteiger partial charge in [0.2, 0.25) is 0 Å². The summed E-state index contributed by atoms with van der Waals surface area (Å²) in [6, 6.07) is 0. The van der Waals surface area contributed by atoms with Gasteiger partial charge >= 0.3 is 0 Å². The molecule has 96 valence electrons. The zero-order valence-electron chi connectivity index (χ0n) is 10.2. The maximum absolute atomic E-state index is 11.6. The summed E-state index contributed by atoms with van der Waals surface area (Å²) in [5, 5.41) is 4.42. The number of hydrogen-bond donors (Lipinski definition) is 2. The van der Waals surface area contributed by atoms with Crippen molar-refractivity contribution in [3.05, 3.63) is 32.5 Å². The summed E-state index contributed by atoms with van der Waals surface area (Å²) in [7, 11) is 0. The Hall–Kier alpha value is -1.63. The number of halogens is 1. The summed E-state index contributed by atoms with van der Waals surface area (Å²) in [5.74, 6) is 0.460. The van der Waals surface area contributed by atoms with Crippen molar-refractivity contribution in [1.29, 1.82) is 0 Å². The van der Waals surface area contributed by atoms with Crippen LogP contribution in [0.3, 0.4) is 0 Å². The molecule has 0 aromatic carbocycles. The molecule has 3 N–H and O–H groups in total. The van der Waals surface area contributed by atoms with Crippen molar-refractivity contribution < 1.29 is 0 Å². The summed E-state index contributed by atoms with van der Waals surface area (Å²) in [6.07, 6.45) is 2.82. The maximum atomic E-state index is 11.6. The van der Waals surface area contributed by atoms with Crippen LogP contribution >= 0.6 is 15.9 Å². The number of nitrogens with two attached hydrogens (primary N) is 1. The van der Waals surface area contributed by atoms with Gasteiger partial charge in [-0.25, -0.2) is 9.67 Å². The molecule has 0 saturated carbocycles. The number of hydrogen-bond acceptors (Lipinski definition) is 4. The SMILES string of the molecule is CCc1nn(-c2nc[nH]c(=O)c2Br)c(CC)c1N. The smallest absolute Gasteiger partial charge is 0.267 e. The van der Waals surface area contributed by atoms with Gasteiger partial charge in [0, 0.05) is 0 Å². The topological polar surface area (TPSA) is 89.6 Å². The molecule has 0 radical (unpaired) electrons. The molecule has 0 atom stereocenters. The van der Waals surface area contributed by atoms with E-state index in [9.17, 15) is 4.79 Å². The number of aromatic nitrogens is 4. The van der Waals surface area contributed by atoms with Gasteiger partial charge in [0.25, 0.3) is 5.56 Å². The fraction of sp³-hybridized carbons (Fsp3) is 0.364. The van der Waals surface area contributed by atoms with Crippen LogP contribution in [0.25, 0.3) is 5.82 Å². The molecule has 6 nitrogen and oxygen atoms in total. The third-order valence-corrected chi connectivity index (χ3v) is 3.46. The van der Waals surface area contributed by atoms with E-state index in [1.807, 2.05) is 13.8 Å². The van der Waals surface area contributed by atoms with Crippen molar-refractivity contribution >= 4 is 21.6 Å². The van der Waals surface area contributed by atoms with Crippen LogP contribution in [0.2, 0.25) is 0 Å². The van der Waals surface area contributed by atoms with Gasteiger partial charge in [-0.3, -0.25) is 4.79 Å². The first kappa shape index (κ1) is 12.8. The molecule has 0 aliphatic carbocycles. The Morgan fingerprint density at radius 1 is 1.44 bits per heavy atom. The average Bonchev–Trinajstić information content (AvgIpc) is 2.69. The van der Waals surface area contributed by atoms with E-state index in [4.69, 9.17) is 5.73 Å². The Bertz CT molecular complexity index is 631. The molecule has 0 bridgehead atoms. The Morgan fingerprint density at radius 2 is 2.17 bits per heavy atom. The molecule has 0 saturated heterocycles. The molecule has 0 spiro atoms. The fourth-order valence-corrected chi connectivity index (χ4v) is 2.20. The lowest BCUT2D eigenvalue weighted by atomic mass is 10.2. The number of aromatic amines is 1. The molecule has 0 fully saturated rings. The minimum absolute atomic E-state index is 0.242. The van der Waals surface area contributed by atoms with Crippen LogP contribution in [0.4, 0.5) is 5.69 Å². The van der Waals surface area contributed by atoms with E-state index in [1.165, 1.54) is 6.33 Å². The van der Waals surface area contributed by atoms with E-state index in [2.05, 4.69) is 31.0 Å².